The van der Waals surface area contributed by atoms with E-state index in [4.69, 9.17) is 0 Å². The molecule has 7 heteroatoms. The summed E-state index contributed by atoms with van der Waals surface area (Å²) in [5, 5.41) is 9.40. The van der Waals surface area contributed by atoms with Crippen molar-refractivity contribution < 1.29 is 4.79 Å². The van der Waals surface area contributed by atoms with Crippen LogP contribution >= 0.6 is 23.5 Å². The van der Waals surface area contributed by atoms with Crippen molar-refractivity contribution in [2.24, 2.45) is 0 Å². The average Bonchev–Trinajstić information content (AvgIpc) is 3.53. The Labute approximate surface area is 178 Å². The van der Waals surface area contributed by atoms with Gasteiger partial charge in [0.15, 0.2) is 5.16 Å². The summed E-state index contributed by atoms with van der Waals surface area (Å²) in [6, 6.07) is 19.1. The van der Waals surface area contributed by atoms with Crippen molar-refractivity contribution in [2.45, 2.75) is 41.9 Å². The number of hydrogen-bond acceptors (Lipinski definition) is 5. The first-order valence-electron chi connectivity index (χ1n) is 9.85. The van der Waals surface area contributed by atoms with Gasteiger partial charge < -0.3 is 9.47 Å². The van der Waals surface area contributed by atoms with Crippen molar-refractivity contribution in [3.8, 4) is 0 Å². The van der Waals surface area contributed by atoms with Crippen LogP contribution in [0.25, 0.3) is 0 Å². The molecule has 5 rings (SSSR count). The third-order valence-corrected chi connectivity index (χ3v) is 7.42. The molecule has 148 valence electrons. The highest BCUT2D eigenvalue weighted by atomic mass is 32.2. The number of carbonyl (C=O) groups is 1. The Hall–Kier alpha value is -2.25. The maximum Gasteiger partial charge on any atom is 0.238 e. The molecule has 0 spiro atoms. The molecule has 1 aliphatic carbocycles. The van der Waals surface area contributed by atoms with Gasteiger partial charge in [-0.25, -0.2) is 0 Å². The number of rotatable bonds is 5. The van der Waals surface area contributed by atoms with Crippen molar-refractivity contribution in [2.75, 3.05) is 16.4 Å². The van der Waals surface area contributed by atoms with Gasteiger partial charge >= 0.3 is 0 Å². The van der Waals surface area contributed by atoms with Crippen LogP contribution in [0.4, 0.5) is 5.69 Å². The number of para-hydroxylation sites is 1. The highest BCUT2D eigenvalue weighted by Gasteiger charge is 2.33. The largest absolute Gasteiger partial charge is 0.303 e. The first kappa shape index (κ1) is 18.8. The van der Waals surface area contributed by atoms with Crippen LogP contribution in [-0.2, 0) is 4.79 Å². The Kier molecular flexibility index (Phi) is 5.09. The molecule has 3 aromatic rings. The zero-order valence-electron chi connectivity index (χ0n) is 16.2. The topological polar surface area (TPSA) is 51.0 Å². The van der Waals surface area contributed by atoms with Crippen LogP contribution in [0.15, 0.2) is 64.6 Å². The van der Waals surface area contributed by atoms with E-state index in [9.17, 15) is 4.79 Å². The predicted octanol–water partition coefficient (Wildman–Crippen LogP) is 4.89. The lowest BCUT2D eigenvalue weighted by Crippen LogP contribution is -2.39. The van der Waals surface area contributed by atoms with Crippen molar-refractivity contribution in [3.63, 3.8) is 0 Å². The van der Waals surface area contributed by atoms with Gasteiger partial charge in [0.05, 0.1) is 17.5 Å². The summed E-state index contributed by atoms with van der Waals surface area (Å²) in [5.74, 6) is 2.26. The summed E-state index contributed by atoms with van der Waals surface area (Å²) in [7, 11) is 0. The van der Waals surface area contributed by atoms with E-state index in [-0.39, 0.29) is 11.9 Å². The molecule has 1 aliphatic heterocycles. The second-order valence-corrected chi connectivity index (χ2v) is 9.39. The summed E-state index contributed by atoms with van der Waals surface area (Å²) in [6.07, 6.45) is 2.35. The van der Waals surface area contributed by atoms with Crippen molar-refractivity contribution in [1.29, 1.82) is 0 Å². The van der Waals surface area contributed by atoms with Gasteiger partial charge in [0.1, 0.15) is 5.82 Å². The molecule has 29 heavy (non-hydrogen) atoms. The van der Waals surface area contributed by atoms with Gasteiger partial charge in [0, 0.05) is 16.7 Å². The molecule has 1 fully saturated rings. The fraction of sp³-hybridized carbons (Fsp3) is 0.318. The van der Waals surface area contributed by atoms with E-state index >= 15 is 0 Å². The number of amides is 1. The Morgan fingerprint density at radius 1 is 1.10 bits per heavy atom. The second-order valence-electron chi connectivity index (χ2n) is 7.39. The van der Waals surface area contributed by atoms with E-state index in [1.54, 1.807) is 0 Å². The van der Waals surface area contributed by atoms with E-state index in [1.165, 1.54) is 30.2 Å². The van der Waals surface area contributed by atoms with Gasteiger partial charge in [-0.1, -0.05) is 54.2 Å². The lowest BCUT2D eigenvalue weighted by molar-refractivity contribution is -0.116. The number of hydrogen-bond donors (Lipinski definition) is 0. The molecule has 2 aliphatic rings. The lowest BCUT2D eigenvalue weighted by Gasteiger charge is -2.37. The van der Waals surface area contributed by atoms with Crippen LogP contribution < -0.4 is 4.90 Å². The van der Waals surface area contributed by atoms with E-state index in [0.717, 1.165) is 27.3 Å². The molecule has 1 amide bonds. The zero-order valence-corrected chi connectivity index (χ0v) is 17.8. The Bertz CT molecular complexity index is 1030. The molecule has 0 radical (unpaired) electrons. The first-order chi connectivity index (χ1) is 14.2. The van der Waals surface area contributed by atoms with Gasteiger partial charge in [-0.2, -0.15) is 0 Å². The molecule has 1 saturated carbocycles. The van der Waals surface area contributed by atoms with Crippen molar-refractivity contribution in [3.05, 3.63) is 66.0 Å². The minimum absolute atomic E-state index is 0.0345. The molecular weight excluding hydrogens is 400 g/mol. The van der Waals surface area contributed by atoms with E-state index < -0.39 is 0 Å². The lowest BCUT2D eigenvalue weighted by atomic mass is 10.1. The molecule has 1 atom stereocenters. The smallest absolute Gasteiger partial charge is 0.238 e. The van der Waals surface area contributed by atoms with Crippen LogP contribution in [-0.4, -0.2) is 32.2 Å². The molecule has 2 heterocycles. The maximum atomic E-state index is 13.5. The molecule has 1 aromatic heterocycles. The number of nitrogens with zero attached hydrogens (tertiary/aromatic N) is 4. The quantitative estimate of drug-likeness (QED) is 0.548. The SMILES string of the molecule is Cc1nnc(SCC(=O)N2c3ccccc3SC[C@@H]2c2ccccc2)n1C1CC1. The number of carbonyl (C=O) groups excluding carboxylic acids is 1. The molecule has 0 bridgehead atoms. The Morgan fingerprint density at radius 2 is 1.86 bits per heavy atom. The Balaban J connectivity index is 1.42. The van der Waals surface area contributed by atoms with E-state index in [0.29, 0.717) is 11.8 Å². The minimum Gasteiger partial charge on any atom is -0.303 e. The summed E-state index contributed by atoms with van der Waals surface area (Å²) in [6.45, 7) is 1.99. The summed E-state index contributed by atoms with van der Waals surface area (Å²) < 4.78 is 2.19. The van der Waals surface area contributed by atoms with Crippen LogP contribution in [0, 0.1) is 6.92 Å². The maximum absolute atomic E-state index is 13.5. The molecule has 0 unspecified atom stereocenters. The number of anilines is 1. The molecule has 5 nitrogen and oxygen atoms in total. The third-order valence-electron chi connectivity index (χ3n) is 5.36. The molecule has 0 N–H and O–H groups in total. The number of fused-ring (bicyclic) bond motifs is 1. The fourth-order valence-electron chi connectivity index (χ4n) is 3.82. The first-order valence-corrected chi connectivity index (χ1v) is 11.8. The molecule has 2 aromatic carbocycles. The van der Waals surface area contributed by atoms with E-state index in [2.05, 4.69) is 39.0 Å². The number of aryl methyl sites for hydroxylation is 1. The monoisotopic (exact) mass is 422 g/mol. The average molecular weight is 423 g/mol. The van der Waals surface area contributed by atoms with Gasteiger partial charge in [-0.3, -0.25) is 4.79 Å². The van der Waals surface area contributed by atoms with Crippen molar-refractivity contribution >= 4 is 35.1 Å². The van der Waals surface area contributed by atoms with Gasteiger partial charge in [-0.05, 0) is 37.5 Å². The second kappa shape index (κ2) is 7.88. The number of aromatic nitrogens is 3. The normalized spacial score (nSPS) is 18.5. The zero-order chi connectivity index (χ0) is 19.8. The predicted molar refractivity (Wildman–Crippen MR) is 118 cm³/mol. The molecular formula is C22H22N4OS2. The van der Waals surface area contributed by atoms with Crippen LogP contribution in [0.5, 0.6) is 0 Å². The Morgan fingerprint density at radius 3 is 2.66 bits per heavy atom. The van der Waals surface area contributed by atoms with Gasteiger partial charge in [0.25, 0.3) is 0 Å². The van der Waals surface area contributed by atoms with Crippen molar-refractivity contribution in [1.82, 2.24) is 14.8 Å². The summed E-state index contributed by atoms with van der Waals surface area (Å²) in [4.78, 5) is 16.6. The molecule has 0 saturated heterocycles. The van der Waals surface area contributed by atoms with Crippen LogP contribution in [0.1, 0.15) is 36.3 Å². The standard InChI is InChI=1S/C22H22N4OS2/c1-15-23-24-22(25(15)17-11-12-17)29-14-21(27)26-18-9-5-6-10-20(18)28-13-19(26)16-7-3-2-4-8-16/h2-10,17,19H,11-14H2,1H3/t19-/m1/s1. The van der Waals surface area contributed by atoms with Gasteiger partial charge in [0.2, 0.25) is 5.91 Å². The highest BCUT2D eigenvalue weighted by molar-refractivity contribution is 8.00. The third kappa shape index (κ3) is 3.69. The minimum atomic E-state index is 0.0345. The van der Waals surface area contributed by atoms with Crippen LogP contribution in [0.2, 0.25) is 0 Å². The summed E-state index contributed by atoms with van der Waals surface area (Å²) in [5.41, 5.74) is 2.17. The van der Waals surface area contributed by atoms with Gasteiger partial charge in [-0.15, -0.1) is 22.0 Å². The fourth-order valence-corrected chi connectivity index (χ4v) is 5.89. The summed E-state index contributed by atoms with van der Waals surface area (Å²) >= 11 is 3.32. The van der Waals surface area contributed by atoms with Crippen LogP contribution in [0.3, 0.4) is 0 Å². The van der Waals surface area contributed by atoms with E-state index in [1.807, 2.05) is 53.9 Å². The number of benzene rings is 2. The highest BCUT2D eigenvalue weighted by Crippen LogP contribution is 2.44. The number of thioether (sulfide) groups is 2.